The molecule has 2 aliphatic heterocycles. The molecule has 0 radical (unpaired) electrons. The molecule has 3 heterocycles. The highest BCUT2D eigenvalue weighted by Crippen LogP contribution is 2.32. The Kier molecular flexibility index (Phi) is 5.56. The molecule has 10 heteroatoms. The van der Waals surface area contributed by atoms with Gasteiger partial charge in [-0.2, -0.15) is 0 Å². The topological polar surface area (TPSA) is 106 Å². The average molecular weight is 403 g/mol. The van der Waals surface area contributed by atoms with Crippen molar-refractivity contribution >= 4 is 34.1 Å². The van der Waals surface area contributed by atoms with E-state index in [4.69, 9.17) is 9.47 Å². The van der Waals surface area contributed by atoms with Gasteiger partial charge in [0.25, 0.3) is 0 Å². The Hall–Kier alpha value is -2.88. The molecule has 148 valence electrons. The summed E-state index contributed by atoms with van der Waals surface area (Å²) in [6.45, 7) is 2.26. The van der Waals surface area contributed by atoms with Crippen LogP contribution in [0.25, 0.3) is 0 Å². The summed E-state index contributed by atoms with van der Waals surface area (Å²) >= 11 is 1.29. The van der Waals surface area contributed by atoms with Crippen molar-refractivity contribution in [2.45, 2.75) is 19.3 Å². The number of likely N-dealkylation sites (tertiary alicyclic amines) is 1. The first-order chi connectivity index (χ1) is 13.7. The number of urea groups is 1. The fourth-order valence-corrected chi connectivity index (χ4v) is 3.67. The molecule has 9 nitrogen and oxygen atoms in total. The average Bonchev–Trinajstić information content (AvgIpc) is 3.11. The maximum Gasteiger partial charge on any atom is 0.321 e. The van der Waals surface area contributed by atoms with Crippen molar-refractivity contribution in [2.75, 3.05) is 36.9 Å². The van der Waals surface area contributed by atoms with Crippen molar-refractivity contribution in [1.29, 1.82) is 0 Å². The number of fused-ring (bicyclic) bond motifs is 1. The molecule has 28 heavy (non-hydrogen) atoms. The van der Waals surface area contributed by atoms with Crippen molar-refractivity contribution < 1.29 is 19.1 Å². The van der Waals surface area contributed by atoms with Gasteiger partial charge in [-0.3, -0.25) is 4.79 Å². The van der Waals surface area contributed by atoms with Gasteiger partial charge in [0.2, 0.25) is 11.0 Å². The molecule has 0 saturated carbocycles. The van der Waals surface area contributed by atoms with E-state index in [1.165, 1.54) is 11.3 Å². The number of carbonyl (C=O) groups excluding carboxylic acids is 2. The molecule has 3 amide bonds. The molecule has 0 aliphatic carbocycles. The Labute approximate surface area is 166 Å². The van der Waals surface area contributed by atoms with E-state index in [0.29, 0.717) is 61.5 Å². The second kappa shape index (κ2) is 8.42. The summed E-state index contributed by atoms with van der Waals surface area (Å²) in [7, 11) is 0. The van der Waals surface area contributed by atoms with Crippen LogP contribution in [0.2, 0.25) is 0 Å². The summed E-state index contributed by atoms with van der Waals surface area (Å²) in [5, 5.41) is 13.7. The number of carbonyl (C=O) groups is 2. The lowest BCUT2D eigenvalue weighted by atomic mass is 9.96. The molecule has 0 bridgehead atoms. The lowest BCUT2D eigenvalue weighted by Gasteiger charge is -2.31. The normalized spacial score (nSPS) is 16.9. The standard InChI is InChI=1S/C18H21N5O4S/c24-16(21-17-22-19-11-28-17)12-4-6-23(7-5-12)18(25)20-13-2-3-14-15(10-13)27-9-1-8-26-14/h2-3,10-12H,1,4-9H2,(H,20,25)(H,21,22,24). The monoisotopic (exact) mass is 403 g/mol. The van der Waals surface area contributed by atoms with Crippen molar-refractivity contribution in [3.05, 3.63) is 23.7 Å². The van der Waals surface area contributed by atoms with Crippen molar-refractivity contribution in [3.63, 3.8) is 0 Å². The van der Waals surface area contributed by atoms with Gasteiger partial charge < -0.3 is 25.0 Å². The second-order valence-corrected chi connectivity index (χ2v) is 7.47. The van der Waals surface area contributed by atoms with Gasteiger partial charge >= 0.3 is 6.03 Å². The van der Waals surface area contributed by atoms with E-state index in [1.807, 2.05) is 0 Å². The second-order valence-electron chi connectivity index (χ2n) is 6.64. The molecule has 0 unspecified atom stereocenters. The van der Waals surface area contributed by atoms with Crippen LogP contribution in [-0.4, -0.2) is 53.3 Å². The number of benzene rings is 1. The zero-order valence-electron chi connectivity index (χ0n) is 15.2. The molecule has 1 fully saturated rings. The molecule has 2 N–H and O–H groups in total. The highest BCUT2D eigenvalue weighted by Gasteiger charge is 2.28. The number of amides is 3. The third kappa shape index (κ3) is 4.33. The maximum absolute atomic E-state index is 12.6. The van der Waals surface area contributed by atoms with Crippen molar-refractivity contribution in [3.8, 4) is 11.5 Å². The van der Waals surface area contributed by atoms with Crippen LogP contribution < -0.4 is 20.1 Å². The molecule has 1 aromatic carbocycles. The van der Waals surface area contributed by atoms with Gasteiger partial charge in [0, 0.05) is 37.2 Å². The first-order valence-corrected chi connectivity index (χ1v) is 10.1. The van der Waals surface area contributed by atoms with E-state index in [-0.39, 0.29) is 17.9 Å². The lowest BCUT2D eigenvalue weighted by Crippen LogP contribution is -2.43. The minimum absolute atomic E-state index is 0.0697. The molecule has 0 atom stereocenters. The number of piperidine rings is 1. The number of nitrogens with zero attached hydrogens (tertiary/aromatic N) is 3. The van der Waals surface area contributed by atoms with Crippen molar-refractivity contribution in [1.82, 2.24) is 15.1 Å². The quantitative estimate of drug-likeness (QED) is 0.816. The number of ether oxygens (including phenoxy) is 2. The number of hydrogen-bond acceptors (Lipinski definition) is 7. The van der Waals surface area contributed by atoms with Crippen molar-refractivity contribution in [2.24, 2.45) is 5.92 Å². The number of hydrogen-bond donors (Lipinski definition) is 2. The molecule has 2 aromatic rings. The van der Waals surface area contributed by atoms with Gasteiger partial charge in [-0.05, 0) is 25.0 Å². The number of nitrogens with one attached hydrogen (secondary N) is 2. The first-order valence-electron chi connectivity index (χ1n) is 9.21. The van der Waals surface area contributed by atoms with Gasteiger partial charge in [0.15, 0.2) is 11.5 Å². The van der Waals surface area contributed by atoms with Gasteiger partial charge in [-0.25, -0.2) is 4.79 Å². The van der Waals surface area contributed by atoms with E-state index in [2.05, 4.69) is 20.8 Å². The van der Waals surface area contributed by atoms with E-state index < -0.39 is 0 Å². The Morgan fingerprint density at radius 3 is 2.64 bits per heavy atom. The zero-order valence-corrected chi connectivity index (χ0v) is 16.0. The summed E-state index contributed by atoms with van der Waals surface area (Å²) < 4.78 is 11.3. The summed E-state index contributed by atoms with van der Waals surface area (Å²) in [6, 6.07) is 5.20. The Bertz CT molecular complexity index is 837. The molecular weight excluding hydrogens is 382 g/mol. The van der Waals surface area contributed by atoms with Crippen LogP contribution in [0.5, 0.6) is 11.5 Å². The number of aromatic nitrogens is 2. The predicted molar refractivity (Wildman–Crippen MR) is 104 cm³/mol. The number of rotatable bonds is 3. The van der Waals surface area contributed by atoms with Gasteiger partial charge in [-0.15, -0.1) is 10.2 Å². The summed E-state index contributed by atoms with van der Waals surface area (Å²) in [5.74, 6) is 1.13. The minimum atomic E-state index is -0.183. The van der Waals surface area contributed by atoms with Gasteiger partial charge in [0.05, 0.1) is 13.2 Å². The van der Waals surface area contributed by atoms with E-state index >= 15 is 0 Å². The van der Waals surface area contributed by atoms with Gasteiger partial charge in [0.1, 0.15) is 5.51 Å². The molecular formula is C18H21N5O4S. The molecule has 1 aromatic heterocycles. The lowest BCUT2D eigenvalue weighted by molar-refractivity contribution is -0.121. The van der Waals surface area contributed by atoms with Crippen LogP contribution in [0, 0.1) is 5.92 Å². The third-order valence-corrected chi connectivity index (χ3v) is 5.35. The summed E-state index contributed by atoms with van der Waals surface area (Å²) in [5.41, 5.74) is 2.23. The Morgan fingerprint density at radius 2 is 1.89 bits per heavy atom. The Morgan fingerprint density at radius 1 is 1.11 bits per heavy atom. The molecule has 4 rings (SSSR count). The largest absolute Gasteiger partial charge is 0.490 e. The van der Waals surface area contributed by atoms with Crippen LogP contribution >= 0.6 is 11.3 Å². The smallest absolute Gasteiger partial charge is 0.321 e. The molecule has 0 spiro atoms. The van der Waals surface area contributed by atoms with E-state index in [9.17, 15) is 9.59 Å². The molecule has 1 saturated heterocycles. The summed E-state index contributed by atoms with van der Waals surface area (Å²) in [6.07, 6.45) is 2.05. The molecule has 2 aliphatic rings. The highest BCUT2D eigenvalue weighted by molar-refractivity contribution is 7.13. The maximum atomic E-state index is 12.6. The zero-order chi connectivity index (χ0) is 19.3. The van der Waals surface area contributed by atoms with Crippen LogP contribution in [-0.2, 0) is 4.79 Å². The van der Waals surface area contributed by atoms with Crippen LogP contribution in [0.3, 0.4) is 0 Å². The Balaban J connectivity index is 1.29. The van der Waals surface area contributed by atoms with Gasteiger partial charge in [-0.1, -0.05) is 11.3 Å². The summed E-state index contributed by atoms with van der Waals surface area (Å²) in [4.78, 5) is 26.6. The highest BCUT2D eigenvalue weighted by atomic mass is 32.1. The van der Waals surface area contributed by atoms with E-state index in [1.54, 1.807) is 28.6 Å². The fraction of sp³-hybridized carbons (Fsp3) is 0.444. The minimum Gasteiger partial charge on any atom is -0.490 e. The SMILES string of the molecule is O=C(Nc1nncs1)C1CCN(C(=O)Nc2ccc3c(c2)OCCCO3)CC1. The fourth-order valence-electron chi connectivity index (χ4n) is 3.22. The first kappa shape index (κ1) is 18.5. The predicted octanol–water partition coefficient (Wildman–Crippen LogP) is 2.58. The number of anilines is 2. The third-order valence-electron chi connectivity index (χ3n) is 4.74. The van der Waals surface area contributed by atoms with E-state index in [0.717, 1.165) is 6.42 Å². The van der Waals surface area contributed by atoms with Crippen LogP contribution in [0.4, 0.5) is 15.6 Å². The van der Waals surface area contributed by atoms with Crippen LogP contribution in [0.15, 0.2) is 23.7 Å². The van der Waals surface area contributed by atoms with Crippen LogP contribution in [0.1, 0.15) is 19.3 Å².